The number of Topliss-reactive ketones (excluding diaryl/α,β-unsaturated/α-hetero) is 1. The van der Waals surface area contributed by atoms with E-state index in [4.69, 9.17) is 5.73 Å². The average Bonchev–Trinajstić information content (AvgIpc) is 2.81. The summed E-state index contributed by atoms with van der Waals surface area (Å²) in [6.07, 6.45) is 1.37. The molecule has 0 aliphatic heterocycles. The lowest BCUT2D eigenvalue weighted by Crippen LogP contribution is -2.10. The summed E-state index contributed by atoms with van der Waals surface area (Å²) in [6.45, 7) is 0. The Kier molecular flexibility index (Phi) is 2.67. The van der Waals surface area contributed by atoms with Crippen LogP contribution in [0.25, 0.3) is 11.1 Å². The SMILES string of the molecule is NC(=O)c1cccc(-c2cccc3c2C(=O)CC3)c1. The highest BCUT2D eigenvalue weighted by Crippen LogP contribution is 2.32. The number of primary amides is 1. The maximum absolute atomic E-state index is 12.0. The van der Waals surface area contributed by atoms with E-state index in [0.29, 0.717) is 12.0 Å². The Morgan fingerprint density at radius 3 is 2.63 bits per heavy atom. The molecule has 0 saturated heterocycles. The van der Waals surface area contributed by atoms with E-state index in [-0.39, 0.29) is 5.78 Å². The van der Waals surface area contributed by atoms with E-state index in [9.17, 15) is 9.59 Å². The van der Waals surface area contributed by atoms with Crippen molar-refractivity contribution in [2.75, 3.05) is 0 Å². The van der Waals surface area contributed by atoms with Crippen LogP contribution >= 0.6 is 0 Å². The summed E-state index contributed by atoms with van der Waals surface area (Å²) in [5, 5.41) is 0. The summed E-state index contributed by atoms with van der Waals surface area (Å²) < 4.78 is 0. The van der Waals surface area contributed by atoms with Crippen LogP contribution in [-0.2, 0) is 6.42 Å². The number of benzene rings is 2. The molecule has 1 aliphatic carbocycles. The Bertz CT molecular complexity index is 689. The molecule has 0 saturated carbocycles. The number of nitrogens with two attached hydrogens (primary N) is 1. The molecule has 3 nitrogen and oxygen atoms in total. The van der Waals surface area contributed by atoms with Crippen LogP contribution in [-0.4, -0.2) is 11.7 Å². The van der Waals surface area contributed by atoms with Crippen LogP contribution in [0.15, 0.2) is 42.5 Å². The second-order valence-corrected chi connectivity index (χ2v) is 4.71. The third-order valence-electron chi connectivity index (χ3n) is 3.51. The first-order chi connectivity index (χ1) is 9.16. The lowest BCUT2D eigenvalue weighted by Gasteiger charge is -2.08. The van der Waals surface area contributed by atoms with Crippen molar-refractivity contribution < 1.29 is 9.59 Å². The molecule has 2 aromatic carbocycles. The van der Waals surface area contributed by atoms with Gasteiger partial charge in [-0.3, -0.25) is 9.59 Å². The summed E-state index contributed by atoms with van der Waals surface area (Å²) >= 11 is 0. The number of aryl methyl sites for hydroxylation is 1. The zero-order valence-corrected chi connectivity index (χ0v) is 10.3. The topological polar surface area (TPSA) is 60.2 Å². The van der Waals surface area contributed by atoms with E-state index in [1.807, 2.05) is 24.3 Å². The molecule has 0 aromatic heterocycles. The maximum atomic E-state index is 12.0. The van der Waals surface area contributed by atoms with E-state index in [1.54, 1.807) is 18.2 Å². The van der Waals surface area contributed by atoms with Gasteiger partial charge in [0.05, 0.1) is 0 Å². The third kappa shape index (κ3) is 1.93. The molecule has 0 atom stereocenters. The number of hydrogen-bond acceptors (Lipinski definition) is 2. The molecule has 0 unspecified atom stereocenters. The van der Waals surface area contributed by atoms with Crippen LogP contribution in [0.5, 0.6) is 0 Å². The van der Waals surface area contributed by atoms with Crippen molar-refractivity contribution in [3.05, 3.63) is 59.2 Å². The van der Waals surface area contributed by atoms with Crippen LogP contribution in [0.4, 0.5) is 0 Å². The highest BCUT2D eigenvalue weighted by Gasteiger charge is 2.23. The van der Waals surface area contributed by atoms with Gasteiger partial charge in [0, 0.05) is 17.5 Å². The van der Waals surface area contributed by atoms with Crippen molar-refractivity contribution in [3.8, 4) is 11.1 Å². The molecule has 3 rings (SSSR count). The number of ketones is 1. The predicted octanol–water partition coefficient (Wildman–Crippen LogP) is 2.58. The minimum Gasteiger partial charge on any atom is -0.366 e. The van der Waals surface area contributed by atoms with Crippen LogP contribution in [0, 0.1) is 0 Å². The second-order valence-electron chi connectivity index (χ2n) is 4.71. The largest absolute Gasteiger partial charge is 0.366 e. The van der Waals surface area contributed by atoms with E-state index in [1.165, 1.54) is 0 Å². The fourth-order valence-corrected chi connectivity index (χ4v) is 2.59. The van der Waals surface area contributed by atoms with Gasteiger partial charge in [0.2, 0.25) is 5.91 Å². The monoisotopic (exact) mass is 251 g/mol. The fourth-order valence-electron chi connectivity index (χ4n) is 2.59. The zero-order chi connectivity index (χ0) is 13.4. The molecule has 0 fully saturated rings. The van der Waals surface area contributed by atoms with E-state index < -0.39 is 5.91 Å². The van der Waals surface area contributed by atoms with Crippen LogP contribution in [0.2, 0.25) is 0 Å². The molecule has 2 aromatic rings. The third-order valence-corrected chi connectivity index (χ3v) is 3.51. The Labute approximate surface area is 111 Å². The molecule has 0 heterocycles. The predicted molar refractivity (Wildman–Crippen MR) is 73.0 cm³/mol. The number of hydrogen-bond donors (Lipinski definition) is 1. The second kappa shape index (κ2) is 4.35. The molecular weight excluding hydrogens is 238 g/mol. The van der Waals surface area contributed by atoms with Gasteiger partial charge in [0.15, 0.2) is 5.78 Å². The highest BCUT2D eigenvalue weighted by molar-refractivity contribution is 6.06. The van der Waals surface area contributed by atoms with Gasteiger partial charge in [-0.15, -0.1) is 0 Å². The highest BCUT2D eigenvalue weighted by atomic mass is 16.1. The van der Waals surface area contributed by atoms with E-state index in [2.05, 4.69) is 0 Å². The number of rotatable bonds is 2. The van der Waals surface area contributed by atoms with Crippen molar-refractivity contribution in [3.63, 3.8) is 0 Å². The van der Waals surface area contributed by atoms with Gasteiger partial charge in [0.25, 0.3) is 0 Å². The minimum atomic E-state index is -0.458. The molecule has 1 amide bonds. The Hall–Kier alpha value is -2.42. The Morgan fingerprint density at radius 1 is 1.05 bits per heavy atom. The standard InChI is InChI=1S/C16H13NO2/c17-16(19)12-5-1-4-11(9-12)13-6-2-3-10-7-8-14(18)15(10)13/h1-6,9H,7-8H2,(H2,17,19). The molecule has 2 N–H and O–H groups in total. The van der Waals surface area contributed by atoms with E-state index >= 15 is 0 Å². The first-order valence-corrected chi connectivity index (χ1v) is 6.22. The van der Waals surface area contributed by atoms with Crippen molar-refractivity contribution >= 4 is 11.7 Å². The minimum absolute atomic E-state index is 0.176. The van der Waals surface area contributed by atoms with Gasteiger partial charge in [-0.2, -0.15) is 0 Å². The smallest absolute Gasteiger partial charge is 0.248 e. The van der Waals surface area contributed by atoms with Crippen LogP contribution in [0.3, 0.4) is 0 Å². The quantitative estimate of drug-likeness (QED) is 0.891. The zero-order valence-electron chi connectivity index (χ0n) is 10.3. The Morgan fingerprint density at radius 2 is 1.84 bits per heavy atom. The molecule has 0 spiro atoms. The summed E-state index contributed by atoms with van der Waals surface area (Å²) in [4.78, 5) is 23.2. The lowest BCUT2D eigenvalue weighted by molar-refractivity contribution is 0.0989. The first-order valence-electron chi connectivity index (χ1n) is 6.22. The van der Waals surface area contributed by atoms with Crippen LogP contribution in [0.1, 0.15) is 32.7 Å². The first kappa shape index (κ1) is 11.7. The van der Waals surface area contributed by atoms with Crippen molar-refractivity contribution in [2.45, 2.75) is 12.8 Å². The van der Waals surface area contributed by atoms with Crippen molar-refractivity contribution in [1.82, 2.24) is 0 Å². The van der Waals surface area contributed by atoms with Gasteiger partial charge >= 0.3 is 0 Å². The lowest BCUT2D eigenvalue weighted by atomic mass is 9.95. The fraction of sp³-hybridized carbons (Fsp3) is 0.125. The van der Waals surface area contributed by atoms with E-state index in [0.717, 1.165) is 28.7 Å². The maximum Gasteiger partial charge on any atom is 0.248 e. The molecule has 1 aliphatic rings. The molecule has 0 radical (unpaired) electrons. The summed E-state index contributed by atoms with van der Waals surface area (Å²) in [5.74, 6) is -0.282. The molecule has 94 valence electrons. The summed E-state index contributed by atoms with van der Waals surface area (Å²) in [6, 6.07) is 13.0. The van der Waals surface area contributed by atoms with Gasteiger partial charge in [-0.1, -0.05) is 30.3 Å². The van der Waals surface area contributed by atoms with Gasteiger partial charge in [0.1, 0.15) is 0 Å². The average molecular weight is 251 g/mol. The number of amides is 1. The summed E-state index contributed by atoms with van der Waals surface area (Å²) in [7, 11) is 0. The number of carbonyl (C=O) groups is 2. The van der Waals surface area contributed by atoms with Gasteiger partial charge in [-0.25, -0.2) is 0 Å². The Balaban J connectivity index is 2.18. The molecule has 19 heavy (non-hydrogen) atoms. The molecular formula is C16H13NO2. The van der Waals surface area contributed by atoms with Gasteiger partial charge < -0.3 is 5.73 Å². The normalized spacial score (nSPS) is 13.4. The molecule has 3 heteroatoms. The van der Waals surface area contributed by atoms with Crippen LogP contribution < -0.4 is 5.73 Å². The molecule has 0 bridgehead atoms. The van der Waals surface area contributed by atoms with Gasteiger partial charge in [-0.05, 0) is 35.2 Å². The summed E-state index contributed by atoms with van der Waals surface area (Å²) in [5.41, 5.74) is 9.40. The van der Waals surface area contributed by atoms with Crippen molar-refractivity contribution in [2.24, 2.45) is 5.73 Å². The number of carbonyl (C=O) groups excluding carboxylic acids is 2. The number of fused-ring (bicyclic) bond motifs is 1. The van der Waals surface area contributed by atoms with Crippen molar-refractivity contribution in [1.29, 1.82) is 0 Å².